The van der Waals surface area contributed by atoms with E-state index in [2.05, 4.69) is 21.3 Å². The van der Waals surface area contributed by atoms with Crippen molar-refractivity contribution in [3.8, 4) is 0 Å². The summed E-state index contributed by atoms with van der Waals surface area (Å²) in [6, 6.07) is 20.1. The van der Waals surface area contributed by atoms with Crippen molar-refractivity contribution in [1.82, 2.24) is 0 Å². The lowest BCUT2D eigenvalue weighted by atomic mass is 9.62. The second kappa shape index (κ2) is 7.27. The molecule has 4 aromatic carbocycles. The van der Waals surface area contributed by atoms with Crippen LogP contribution in [0.2, 0.25) is 0 Å². The van der Waals surface area contributed by atoms with Gasteiger partial charge in [-0.05, 0) is 58.0 Å². The van der Waals surface area contributed by atoms with Crippen molar-refractivity contribution < 1.29 is 10.2 Å². The fourth-order valence-corrected chi connectivity index (χ4v) is 5.88. The summed E-state index contributed by atoms with van der Waals surface area (Å²) >= 11 is 0. The average Bonchev–Trinajstić information content (AvgIpc) is 2.83. The molecule has 1 saturated carbocycles. The van der Waals surface area contributed by atoms with Gasteiger partial charge in [0.25, 0.3) is 0 Å². The van der Waals surface area contributed by atoms with Gasteiger partial charge in [0.15, 0.2) is 0 Å². The first-order valence-electron chi connectivity index (χ1n) is 11.1. The van der Waals surface area contributed by atoms with Crippen molar-refractivity contribution in [1.29, 1.82) is 0 Å². The van der Waals surface area contributed by atoms with Gasteiger partial charge in [-0.1, -0.05) is 43.8 Å². The molecule has 1 aliphatic carbocycles. The minimum absolute atomic E-state index is 0. The van der Waals surface area contributed by atoms with Crippen molar-refractivity contribution >= 4 is 44.3 Å². The van der Waals surface area contributed by atoms with Crippen LogP contribution in [0.15, 0.2) is 60.7 Å². The van der Waals surface area contributed by atoms with Crippen molar-refractivity contribution in [3.05, 3.63) is 71.8 Å². The first kappa shape index (κ1) is 20.1. The van der Waals surface area contributed by atoms with Crippen molar-refractivity contribution in [2.24, 2.45) is 0 Å². The molecule has 168 valence electrons. The third kappa shape index (κ3) is 2.68. The fourth-order valence-electron chi connectivity index (χ4n) is 5.88. The lowest BCUT2D eigenvalue weighted by molar-refractivity contribution is -0.535. The first-order valence-corrected chi connectivity index (χ1v) is 11.1. The van der Waals surface area contributed by atoms with E-state index in [9.17, 15) is 10.2 Å². The molecule has 0 aromatic heterocycles. The van der Waals surface area contributed by atoms with Crippen LogP contribution >= 0.6 is 0 Å². The van der Waals surface area contributed by atoms with Crippen LogP contribution in [0.3, 0.4) is 0 Å². The molecule has 3 aliphatic rings. The van der Waals surface area contributed by atoms with Crippen LogP contribution in [0.4, 0.5) is 22.7 Å². The number of hydrogen-bond donors (Lipinski definition) is 4. The summed E-state index contributed by atoms with van der Waals surface area (Å²) in [5, 5.41) is 44.7. The Bertz CT molecular complexity index is 1270. The second-order valence-corrected chi connectivity index (χ2v) is 8.90. The van der Waals surface area contributed by atoms with Gasteiger partial charge in [0.1, 0.15) is 0 Å². The fraction of sp³-hybridized carbons (Fsp3) is 0.259. The zero-order valence-electron chi connectivity index (χ0n) is 17.3. The Labute approximate surface area is 192 Å². The molecular formula is C27H26N4O2-2. The Morgan fingerprint density at radius 2 is 0.939 bits per heavy atom. The summed E-state index contributed by atoms with van der Waals surface area (Å²) in [4.78, 5) is 0. The van der Waals surface area contributed by atoms with Gasteiger partial charge in [-0.15, -0.1) is 12.2 Å². The third-order valence-electron chi connectivity index (χ3n) is 7.40. The van der Waals surface area contributed by atoms with E-state index in [1.165, 1.54) is 0 Å². The Morgan fingerprint density at radius 1 is 0.545 bits per heavy atom. The smallest absolute Gasteiger partial charge is 0.0849 e. The van der Waals surface area contributed by atoms with Gasteiger partial charge in [-0.3, -0.25) is 0 Å². The quantitative estimate of drug-likeness (QED) is 0.382. The molecule has 1 fully saturated rings. The molecule has 0 saturated heterocycles. The van der Waals surface area contributed by atoms with E-state index in [-0.39, 0.29) is 7.43 Å². The zero-order chi connectivity index (χ0) is 21.4. The molecule has 6 nitrogen and oxygen atoms in total. The Morgan fingerprint density at radius 3 is 1.36 bits per heavy atom. The van der Waals surface area contributed by atoms with Gasteiger partial charge in [-0.25, -0.2) is 0 Å². The molecule has 33 heavy (non-hydrogen) atoms. The minimum atomic E-state index is -0.972. The van der Waals surface area contributed by atoms with Gasteiger partial charge in [0.2, 0.25) is 0 Å². The highest BCUT2D eigenvalue weighted by molar-refractivity contribution is 6.07. The molecule has 2 aliphatic heterocycles. The highest BCUT2D eigenvalue weighted by Gasteiger charge is 2.40. The van der Waals surface area contributed by atoms with E-state index in [1.54, 1.807) is 0 Å². The van der Waals surface area contributed by atoms with E-state index in [1.807, 2.05) is 60.7 Å². The Hall–Kier alpha value is -3.48. The lowest BCUT2D eigenvalue weighted by Gasteiger charge is -2.62. The summed E-state index contributed by atoms with van der Waals surface area (Å²) in [6.45, 7) is 1.33. The maximum Gasteiger partial charge on any atom is 0.0849 e. The largest absolute Gasteiger partial charge is 0.851 e. The number of rotatable bonds is 2. The summed E-state index contributed by atoms with van der Waals surface area (Å²) in [5.41, 5.74) is 5.92. The second-order valence-electron chi connectivity index (χ2n) is 8.90. The van der Waals surface area contributed by atoms with Crippen LogP contribution < -0.4 is 31.5 Å². The Balaban J connectivity index is 0.00000206. The number of hydrogen-bond acceptors (Lipinski definition) is 6. The normalized spacial score (nSPS) is 24.5. The third-order valence-corrected chi connectivity index (χ3v) is 7.40. The number of anilines is 4. The highest BCUT2D eigenvalue weighted by atomic mass is 16.3. The van der Waals surface area contributed by atoms with Gasteiger partial charge >= 0.3 is 0 Å². The summed E-state index contributed by atoms with van der Waals surface area (Å²) in [5.74, 6) is -1.10. The molecule has 0 amide bonds. The van der Waals surface area contributed by atoms with Crippen LogP contribution in [0, 0.1) is 0 Å². The SMILES string of the molecule is C.[O-]C1C(c2ccc3c4c(cccc24)NCN3)C([O-])C1c1ccc2c3c(cccc13)NCN2. The summed E-state index contributed by atoms with van der Waals surface area (Å²) < 4.78 is 0. The maximum atomic E-state index is 13.6. The molecule has 2 heterocycles. The predicted molar refractivity (Wildman–Crippen MR) is 132 cm³/mol. The van der Waals surface area contributed by atoms with Crippen LogP contribution in [0.1, 0.15) is 30.4 Å². The van der Waals surface area contributed by atoms with Crippen LogP contribution in [-0.2, 0) is 0 Å². The number of nitrogens with one attached hydrogen (secondary N) is 4. The monoisotopic (exact) mass is 438 g/mol. The Kier molecular flexibility index (Phi) is 4.44. The summed E-state index contributed by atoms with van der Waals surface area (Å²) in [6.07, 6.45) is -1.94. The van der Waals surface area contributed by atoms with Gasteiger partial charge in [0.05, 0.1) is 13.3 Å². The van der Waals surface area contributed by atoms with Crippen LogP contribution in [0.5, 0.6) is 0 Å². The predicted octanol–water partition coefficient (Wildman–Crippen LogP) is 3.56. The van der Waals surface area contributed by atoms with Crippen molar-refractivity contribution in [2.75, 3.05) is 34.6 Å². The van der Waals surface area contributed by atoms with E-state index < -0.39 is 24.0 Å². The molecular weight excluding hydrogens is 412 g/mol. The maximum absolute atomic E-state index is 13.6. The molecule has 6 heteroatoms. The lowest BCUT2D eigenvalue weighted by Crippen LogP contribution is -2.63. The van der Waals surface area contributed by atoms with E-state index in [0.29, 0.717) is 13.3 Å². The molecule has 4 N–H and O–H groups in total. The van der Waals surface area contributed by atoms with Gasteiger partial charge in [0, 0.05) is 33.5 Å². The summed E-state index contributed by atoms with van der Waals surface area (Å²) in [7, 11) is 0. The molecule has 4 aromatic rings. The van der Waals surface area contributed by atoms with Crippen LogP contribution in [-0.4, -0.2) is 25.5 Å². The minimum Gasteiger partial charge on any atom is -0.851 e. The average molecular weight is 439 g/mol. The van der Waals surface area contributed by atoms with Crippen LogP contribution in [0.25, 0.3) is 21.5 Å². The molecule has 7 rings (SSSR count). The molecule has 0 radical (unpaired) electrons. The zero-order valence-corrected chi connectivity index (χ0v) is 17.3. The van der Waals surface area contributed by atoms with Gasteiger partial charge in [-0.2, -0.15) is 0 Å². The van der Waals surface area contributed by atoms with Crippen molar-refractivity contribution in [3.63, 3.8) is 0 Å². The molecule has 0 unspecified atom stereocenters. The standard InChI is InChI=1S/C26H22N4O2.CH4/c31-25-23(15-7-9-19-21-13(15)3-1-5-17(21)27-11-29-19)26(32)24(25)16-8-10-20-22-14(16)4-2-6-18(22)28-12-30-20;/h1-10,23-30H,11-12H2;1H4/q-2;. The van der Waals surface area contributed by atoms with Gasteiger partial charge < -0.3 is 31.5 Å². The molecule has 0 bridgehead atoms. The first-order chi connectivity index (χ1) is 15.7. The number of benzene rings is 4. The van der Waals surface area contributed by atoms with Crippen molar-refractivity contribution in [2.45, 2.75) is 31.5 Å². The van der Waals surface area contributed by atoms with E-state index >= 15 is 0 Å². The van der Waals surface area contributed by atoms with E-state index in [4.69, 9.17) is 0 Å². The molecule has 0 atom stereocenters. The topological polar surface area (TPSA) is 94.2 Å². The highest BCUT2D eigenvalue weighted by Crippen LogP contribution is 2.51. The molecule has 0 spiro atoms. The van der Waals surface area contributed by atoms with E-state index in [0.717, 1.165) is 55.4 Å².